The third kappa shape index (κ3) is 8.97. The number of hydrogen-bond acceptors (Lipinski definition) is 7. The maximum absolute atomic E-state index is 14.2. The molecule has 1 aliphatic heterocycles. The van der Waals surface area contributed by atoms with Crippen LogP contribution in [0.5, 0.6) is 0 Å². The fourth-order valence-corrected chi connectivity index (χ4v) is 4.43. The molecular weight excluding hydrogens is 514 g/mol. The van der Waals surface area contributed by atoms with Crippen LogP contribution in [0.1, 0.15) is 59.4 Å². The molecule has 1 saturated heterocycles. The van der Waals surface area contributed by atoms with Crippen LogP contribution in [0, 0.1) is 0 Å². The first-order chi connectivity index (χ1) is 18.8. The third-order valence-electron chi connectivity index (χ3n) is 6.24. The van der Waals surface area contributed by atoms with Crippen LogP contribution in [0.2, 0.25) is 0 Å². The largest absolute Gasteiger partial charge is 0.444 e. The van der Waals surface area contributed by atoms with Crippen molar-refractivity contribution in [3.8, 4) is 0 Å². The van der Waals surface area contributed by atoms with E-state index in [1.807, 2.05) is 34.9 Å². The second-order valence-electron chi connectivity index (χ2n) is 11.9. The molecule has 1 aromatic heterocycles. The molecule has 0 aliphatic carbocycles. The van der Waals surface area contributed by atoms with Crippen LogP contribution in [-0.4, -0.2) is 90.9 Å². The molecule has 11 nitrogen and oxygen atoms in total. The average Bonchev–Trinajstić information content (AvgIpc) is 3.33. The minimum absolute atomic E-state index is 0.00550. The Kier molecular flexibility index (Phi) is 10.2. The van der Waals surface area contributed by atoms with Crippen LogP contribution >= 0.6 is 0 Å². The molecule has 2 aromatic rings. The lowest BCUT2D eigenvalue weighted by atomic mass is 10.1. The molecule has 0 spiro atoms. The fraction of sp³-hybridized carbons (Fsp3) is 0.586. The molecule has 11 heteroatoms. The number of rotatable bonds is 8. The predicted octanol–water partition coefficient (Wildman–Crippen LogP) is 3.65. The van der Waals surface area contributed by atoms with Crippen molar-refractivity contribution in [1.29, 1.82) is 0 Å². The second kappa shape index (κ2) is 13.2. The molecule has 220 valence electrons. The van der Waals surface area contributed by atoms with Crippen molar-refractivity contribution >= 4 is 18.1 Å². The number of ether oxygens (including phenoxy) is 2. The van der Waals surface area contributed by atoms with E-state index in [2.05, 4.69) is 4.98 Å². The topological polar surface area (TPSA) is 117 Å². The van der Waals surface area contributed by atoms with E-state index in [9.17, 15) is 19.5 Å². The predicted molar refractivity (Wildman–Crippen MR) is 149 cm³/mol. The summed E-state index contributed by atoms with van der Waals surface area (Å²) in [5, 5.41) is 9.53. The zero-order valence-electron chi connectivity index (χ0n) is 24.5. The molecule has 1 fully saturated rings. The smallest absolute Gasteiger partial charge is 0.411 e. The second-order valence-corrected chi connectivity index (χ2v) is 11.9. The SMILES string of the molecule is CC(C)(C)OC(=O)N1CCN(C(=O)OC(C)(C)C)[C@@H](C(=O)N(CCCn2ccnc2CO)Cc2ccccc2)C1. The van der Waals surface area contributed by atoms with Crippen LogP contribution in [0.3, 0.4) is 0 Å². The maximum atomic E-state index is 14.2. The monoisotopic (exact) mass is 557 g/mol. The van der Waals surface area contributed by atoms with E-state index in [-0.39, 0.29) is 32.1 Å². The van der Waals surface area contributed by atoms with Gasteiger partial charge in [-0.15, -0.1) is 0 Å². The zero-order chi connectivity index (χ0) is 29.5. The van der Waals surface area contributed by atoms with E-state index < -0.39 is 29.4 Å². The lowest BCUT2D eigenvalue weighted by Crippen LogP contribution is -2.62. The number of hydrogen-bond donors (Lipinski definition) is 1. The van der Waals surface area contributed by atoms with Crippen LogP contribution in [0.15, 0.2) is 42.7 Å². The van der Waals surface area contributed by atoms with Crippen LogP contribution < -0.4 is 0 Å². The molecule has 1 atom stereocenters. The first-order valence-corrected chi connectivity index (χ1v) is 13.7. The molecular formula is C29H43N5O6. The molecule has 0 unspecified atom stereocenters. The molecule has 0 saturated carbocycles. The summed E-state index contributed by atoms with van der Waals surface area (Å²) in [4.78, 5) is 49.1. The number of piperazine rings is 1. The van der Waals surface area contributed by atoms with Crippen LogP contribution in [0.4, 0.5) is 9.59 Å². The van der Waals surface area contributed by atoms with Crippen molar-refractivity contribution in [2.45, 2.75) is 84.9 Å². The van der Waals surface area contributed by atoms with Crippen LogP contribution in [0.25, 0.3) is 0 Å². The lowest BCUT2D eigenvalue weighted by molar-refractivity contribution is -0.139. The summed E-state index contributed by atoms with van der Waals surface area (Å²) in [5.41, 5.74) is -0.497. The van der Waals surface area contributed by atoms with Gasteiger partial charge in [0.15, 0.2) is 0 Å². The summed E-state index contributed by atoms with van der Waals surface area (Å²) in [6.45, 7) is 12.1. The number of carbonyl (C=O) groups is 3. The number of aliphatic hydroxyl groups excluding tert-OH is 1. The molecule has 1 aromatic carbocycles. The molecule has 3 rings (SSSR count). The highest BCUT2D eigenvalue weighted by molar-refractivity contribution is 5.87. The number of aromatic nitrogens is 2. The Bertz CT molecular complexity index is 1140. The van der Waals surface area contributed by atoms with Gasteiger partial charge in [-0.3, -0.25) is 9.69 Å². The maximum Gasteiger partial charge on any atom is 0.411 e. The summed E-state index contributed by atoms with van der Waals surface area (Å²) < 4.78 is 13.0. The summed E-state index contributed by atoms with van der Waals surface area (Å²) in [6, 6.07) is 8.68. The zero-order valence-corrected chi connectivity index (χ0v) is 24.5. The number of aryl methyl sites for hydroxylation is 1. The highest BCUT2D eigenvalue weighted by Gasteiger charge is 2.41. The van der Waals surface area contributed by atoms with E-state index in [0.717, 1.165) is 5.56 Å². The highest BCUT2D eigenvalue weighted by Crippen LogP contribution is 2.21. The molecule has 1 N–H and O–H groups in total. The lowest BCUT2D eigenvalue weighted by Gasteiger charge is -2.42. The number of carbonyl (C=O) groups excluding carboxylic acids is 3. The van der Waals surface area contributed by atoms with Gasteiger partial charge in [-0.2, -0.15) is 0 Å². The number of amides is 3. The highest BCUT2D eigenvalue weighted by atomic mass is 16.6. The van der Waals surface area contributed by atoms with E-state index in [1.165, 1.54) is 9.80 Å². The van der Waals surface area contributed by atoms with Gasteiger partial charge in [0.2, 0.25) is 5.91 Å². The molecule has 0 bridgehead atoms. The van der Waals surface area contributed by atoms with Gasteiger partial charge in [0.25, 0.3) is 0 Å². The number of nitrogens with zero attached hydrogens (tertiary/aromatic N) is 5. The number of benzene rings is 1. The van der Waals surface area contributed by atoms with Crippen molar-refractivity contribution in [3.05, 3.63) is 54.1 Å². The summed E-state index contributed by atoms with van der Waals surface area (Å²) in [5.74, 6) is 0.272. The van der Waals surface area contributed by atoms with Crippen molar-refractivity contribution in [2.75, 3.05) is 26.2 Å². The van der Waals surface area contributed by atoms with Gasteiger partial charge >= 0.3 is 12.2 Å². The summed E-state index contributed by atoms with van der Waals surface area (Å²) >= 11 is 0. The van der Waals surface area contributed by atoms with E-state index >= 15 is 0 Å². The Morgan fingerprint density at radius 3 is 2.27 bits per heavy atom. The summed E-state index contributed by atoms with van der Waals surface area (Å²) in [6.07, 6.45) is 2.89. The Morgan fingerprint density at radius 1 is 1.00 bits per heavy atom. The van der Waals surface area contributed by atoms with Gasteiger partial charge in [-0.05, 0) is 53.5 Å². The quantitative estimate of drug-likeness (QED) is 0.527. The Labute approximate surface area is 236 Å². The molecule has 1 aliphatic rings. The Morgan fingerprint density at radius 2 is 1.65 bits per heavy atom. The number of imidazole rings is 1. The normalized spacial score (nSPS) is 16.0. The van der Waals surface area contributed by atoms with E-state index in [1.54, 1.807) is 58.8 Å². The Hall–Kier alpha value is -3.60. The third-order valence-corrected chi connectivity index (χ3v) is 6.24. The fourth-order valence-electron chi connectivity index (χ4n) is 4.43. The van der Waals surface area contributed by atoms with E-state index in [4.69, 9.17) is 9.47 Å². The van der Waals surface area contributed by atoms with Gasteiger partial charge in [-0.25, -0.2) is 14.6 Å². The first kappa shape index (κ1) is 30.9. The standard InChI is InChI=1S/C29H43N5O6/c1-28(2,3)39-26(37)33-17-18-34(27(38)40-29(4,5)6)23(20-33)25(36)32(19-22-11-8-7-9-12-22)15-10-14-31-16-13-30-24(31)21-35/h7-9,11-13,16,23,35H,10,14-15,17-21H2,1-6H3/t23-/m1/s1. The van der Waals surface area contributed by atoms with Gasteiger partial charge in [0.05, 0.1) is 6.54 Å². The van der Waals surface area contributed by atoms with Crippen molar-refractivity contribution in [1.82, 2.24) is 24.3 Å². The van der Waals surface area contributed by atoms with Crippen molar-refractivity contribution in [2.24, 2.45) is 0 Å². The minimum atomic E-state index is -0.943. The van der Waals surface area contributed by atoms with E-state index in [0.29, 0.717) is 31.9 Å². The minimum Gasteiger partial charge on any atom is -0.444 e. The average molecular weight is 558 g/mol. The molecule has 40 heavy (non-hydrogen) atoms. The Balaban J connectivity index is 1.86. The van der Waals surface area contributed by atoms with Gasteiger partial charge < -0.3 is 28.9 Å². The van der Waals surface area contributed by atoms with Gasteiger partial charge in [-0.1, -0.05) is 30.3 Å². The van der Waals surface area contributed by atoms with Gasteiger partial charge in [0.1, 0.15) is 29.7 Å². The summed E-state index contributed by atoms with van der Waals surface area (Å²) in [7, 11) is 0. The van der Waals surface area contributed by atoms with Gasteiger partial charge in [0, 0.05) is 45.1 Å². The number of aliphatic hydroxyl groups is 1. The van der Waals surface area contributed by atoms with Crippen LogP contribution in [-0.2, 0) is 34.0 Å². The van der Waals surface area contributed by atoms with Crippen molar-refractivity contribution in [3.63, 3.8) is 0 Å². The first-order valence-electron chi connectivity index (χ1n) is 13.7. The molecule has 0 radical (unpaired) electrons. The van der Waals surface area contributed by atoms with Crippen molar-refractivity contribution < 1.29 is 29.0 Å². The molecule has 2 heterocycles. The molecule has 3 amide bonds.